The summed E-state index contributed by atoms with van der Waals surface area (Å²) in [6, 6.07) is 16.8. The summed E-state index contributed by atoms with van der Waals surface area (Å²) in [6.45, 7) is 6.00. The summed E-state index contributed by atoms with van der Waals surface area (Å²) >= 11 is 0. The Kier molecular flexibility index (Phi) is 29.0. The third kappa shape index (κ3) is 21.9. The standard InChI is InChI=1S/C54H87N3O3/c1-4-6-8-10-12-14-16-18-20-22-24-26-28-30-32-36-44-57(45-37-33-31-29-27-25-23-21-19-17-15-13-11-9-7-5-2)54(59)51-46-52(49-38-34-35-39-50(49)53(51)58)56-55-47-40-42-48(60-3)43-41-47/h34-35,38-43,46,58H,4-33,36-37,44-45H2,1-3H3. The minimum absolute atomic E-state index is 0.0305. The number of carbonyl (C=O) groups is 1. The number of benzene rings is 3. The van der Waals surface area contributed by atoms with Crippen molar-refractivity contribution in [2.24, 2.45) is 10.2 Å². The Balaban J connectivity index is 1.48. The van der Waals surface area contributed by atoms with Crippen LogP contribution in [0.3, 0.4) is 0 Å². The summed E-state index contributed by atoms with van der Waals surface area (Å²) in [4.78, 5) is 16.4. The van der Waals surface area contributed by atoms with Crippen LogP contribution in [0.15, 0.2) is 64.8 Å². The van der Waals surface area contributed by atoms with Crippen LogP contribution in [0.2, 0.25) is 0 Å². The number of rotatable bonds is 38. The van der Waals surface area contributed by atoms with E-state index in [0.29, 0.717) is 35.4 Å². The first-order valence-electron chi connectivity index (χ1n) is 25.2. The Hall–Kier alpha value is -3.41. The maximum absolute atomic E-state index is 14.4. The molecule has 0 saturated heterocycles. The number of ether oxygens (including phenoxy) is 1. The monoisotopic (exact) mass is 826 g/mol. The average molecular weight is 826 g/mol. The summed E-state index contributed by atoms with van der Waals surface area (Å²) in [6.07, 6.45) is 42.5. The zero-order valence-corrected chi connectivity index (χ0v) is 38.8. The number of hydrogen-bond donors (Lipinski definition) is 1. The van der Waals surface area contributed by atoms with E-state index in [1.54, 1.807) is 13.2 Å². The Morgan fingerprint density at radius 2 is 0.867 bits per heavy atom. The molecule has 60 heavy (non-hydrogen) atoms. The highest BCUT2D eigenvalue weighted by atomic mass is 16.5. The van der Waals surface area contributed by atoms with Gasteiger partial charge in [-0.1, -0.05) is 231 Å². The molecule has 0 aliphatic heterocycles. The van der Waals surface area contributed by atoms with Crippen LogP contribution in [0.1, 0.15) is 230 Å². The van der Waals surface area contributed by atoms with Crippen molar-refractivity contribution >= 4 is 28.1 Å². The molecule has 0 atom stereocenters. The van der Waals surface area contributed by atoms with Crippen molar-refractivity contribution in [3.05, 3.63) is 60.2 Å². The Bertz CT molecular complexity index is 1500. The zero-order chi connectivity index (χ0) is 42.7. The van der Waals surface area contributed by atoms with Crippen LogP contribution >= 0.6 is 0 Å². The summed E-state index contributed by atoms with van der Waals surface area (Å²) in [5, 5.41) is 22.0. The van der Waals surface area contributed by atoms with Gasteiger partial charge in [0.2, 0.25) is 0 Å². The van der Waals surface area contributed by atoms with Crippen LogP contribution in [0.5, 0.6) is 11.5 Å². The Morgan fingerprint density at radius 3 is 1.25 bits per heavy atom. The smallest absolute Gasteiger partial charge is 0.257 e. The molecule has 3 rings (SSSR count). The second-order valence-corrected chi connectivity index (χ2v) is 17.6. The molecule has 0 spiro atoms. The van der Waals surface area contributed by atoms with Gasteiger partial charge in [0, 0.05) is 23.9 Å². The lowest BCUT2D eigenvalue weighted by molar-refractivity contribution is 0.0746. The van der Waals surface area contributed by atoms with Crippen LogP contribution in [0, 0.1) is 0 Å². The molecule has 0 fully saturated rings. The van der Waals surface area contributed by atoms with E-state index >= 15 is 0 Å². The number of azo groups is 1. The fourth-order valence-corrected chi connectivity index (χ4v) is 8.53. The number of methoxy groups -OCH3 is 1. The largest absolute Gasteiger partial charge is 0.506 e. The molecule has 0 radical (unpaired) electrons. The van der Waals surface area contributed by atoms with Crippen molar-refractivity contribution < 1.29 is 14.6 Å². The molecule has 0 aliphatic carbocycles. The Morgan fingerprint density at radius 1 is 0.500 bits per heavy atom. The van der Waals surface area contributed by atoms with Crippen molar-refractivity contribution in [1.29, 1.82) is 0 Å². The number of fused-ring (bicyclic) bond motifs is 1. The van der Waals surface area contributed by atoms with Gasteiger partial charge in [0.15, 0.2) is 0 Å². The molecule has 0 bridgehead atoms. The van der Waals surface area contributed by atoms with Gasteiger partial charge in [-0.2, -0.15) is 5.11 Å². The van der Waals surface area contributed by atoms with Crippen molar-refractivity contribution in [1.82, 2.24) is 4.90 Å². The molecule has 6 nitrogen and oxygen atoms in total. The van der Waals surface area contributed by atoms with E-state index in [4.69, 9.17) is 4.74 Å². The first kappa shape index (κ1) is 50.9. The van der Waals surface area contributed by atoms with Gasteiger partial charge in [-0.05, 0) is 43.2 Å². The predicted molar refractivity (Wildman–Crippen MR) is 258 cm³/mol. The van der Waals surface area contributed by atoms with E-state index in [0.717, 1.165) is 36.8 Å². The number of phenolic OH excluding ortho intramolecular Hbond substituents is 1. The van der Waals surface area contributed by atoms with Gasteiger partial charge in [0.05, 0.1) is 24.0 Å². The number of carbonyl (C=O) groups excluding carboxylic acids is 1. The van der Waals surface area contributed by atoms with Crippen LogP contribution < -0.4 is 4.74 Å². The van der Waals surface area contributed by atoms with Gasteiger partial charge >= 0.3 is 0 Å². The summed E-state index contributed by atoms with van der Waals surface area (Å²) in [5.74, 6) is 0.676. The van der Waals surface area contributed by atoms with Crippen molar-refractivity contribution in [2.45, 2.75) is 219 Å². The molecule has 1 amide bonds. The number of hydrogen-bond acceptors (Lipinski definition) is 5. The highest BCUT2D eigenvalue weighted by molar-refractivity contribution is 6.07. The number of nitrogens with zero attached hydrogens (tertiary/aromatic N) is 3. The normalized spacial score (nSPS) is 11.6. The van der Waals surface area contributed by atoms with Crippen LogP contribution in [0.25, 0.3) is 10.8 Å². The first-order valence-corrected chi connectivity index (χ1v) is 25.2. The predicted octanol–water partition coefficient (Wildman–Crippen LogP) is 17.9. The minimum Gasteiger partial charge on any atom is -0.506 e. The molecule has 1 N–H and O–H groups in total. The van der Waals surface area contributed by atoms with Crippen molar-refractivity contribution in [3.63, 3.8) is 0 Å². The van der Waals surface area contributed by atoms with Gasteiger partial charge in [0.25, 0.3) is 5.91 Å². The van der Waals surface area contributed by atoms with E-state index in [9.17, 15) is 9.90 Å². The third-order valence-corrected chi connectivity index (χ3v) is 12.4. The van der Waals surface area contributed by atoms with E-state index < -0.39 is 0 Å². The highest BCUT2D eigenvalue weighted by Gasteiger charge is 2.22. The minimum atomic E-state index is -0.110. The van der Waals surface area contributed by atoms with E-state index in [-0.39, 0.29) is 11.7 Å². The van der Waals surface area contributed by atoms with Crippen molar-refractivity contribution in [2.75, 3.05) is 20.2 Å². The second kappa shape index (κ2) is 34.2. The Labute approximate surface area is 367 Å². The maximum atomic E-state index is 14.4. The van der Waals surface area contributed by atoms with Crippen LogP contribution in [-0.4, -0.2) is 36.1 Å². The van der Waals surface area contributed by atoms with E-state index in [2.05, 4.69) is 24.1 Å². The first-order chi connectivity index (χ1) is 29.6. The summed E-state index contributed by atoms with van der Waals surface area (Å²) in [7, 11) is 1.64. The number of phenols is 1. The summed E-state index contributed by atoms with van der Waals surface area (Å²) < 4.78 is 5.29. The summed E-state index contributed by atoms with van der Waals surface area (Å²) in [5.41, 5.74) is 1.58. The number of unbranched alkanes of at least 4 members (excludes halogenated alkanes) is 30. The molecule has 0 aromatic heterocycles. The number of amides is 1. The lowest BCUT2D eigenvalue weighted by atomic mass is 10.0. The maximum Gasteiger partial charge on any atom is 0.257 e. The second-order valence-electron chi connectivity index (χ2n) is 17.6. The molecule has 0 unspecified atom stereocenters. The molecule has 336 valence electrons. The topological polar surface area (TPSA) is 74.5 Å². The molecule has 6 heteroatoms. The van der Waals surface area contributed by atoms with Crippen molar-refractivity contribution in [3.8, 4) is 11.5 Å². The van der Waals surface area contributed by atoms with Gasteiger partial charge in [-0.3, -0.25) is 4.79 Å². The third-order valence-electron chi connectivity index (χ3n) is 12.4. The van der Waals surface area contributed by atoms with E-state index in [1.807, 2.05) is 53.4 Å². The molecular formula is C54H87N3O3. The van der Waals surface area contributed by atoms with Crippen LogP contribution in [0.4, 0.5) is 11.4 Å². The van der Waals surface area contributed by atoms with Gasteiger partial charge in [-0.25, -0.2) is 0 Å². The van der Waals surface area contributed by atoms with E-state index in [1.165, 1.54) is 180 Å². The fraction of sp³-hybridized carbons (Fsp3) is 0.685. The van der Waals surface area contributed by atoms with Gasteiger partial charge in [-0.15, -0.1) is 5.11 Å². The lowest BCUT2D eigenvalue weighted by Gasteiger charge is -2.24. The quantitative estimate of drug-likeness (QED) is 0.0462. The van der Waals surface area contributed by atoms with Crippen LogP contribution in [-0.2, 0) is 0 Å². The SMILES string of the molecule is CCCCCCCCCCCCCCCCCCN(CCCCCCCCCCCCCCCCCC)C(=O)c1cc(N=Nc2ccc(OC)cc2)c2ccccc2c1O. The highest BCUT2D eigenvalue weighted by Crippen LogP contribution is 2.38. The molecule has 3 aromatic rings. The zero-order valence-electron chi connectivity index (χ0n) is 38.8. The van der Waals surface area contributed by atoms with Gasteiger partial charge < -0.3 is 14.7 Å². The molecule has 0 saturated carbocycles. The van der Waals surface area contributed by atoms with Gasteiger partial charge in [0.1, 0.15) is 11.5 Å². The molecular weight excluding hydrogens is 739 g/mol. The molecule has 3 aromatic carbocycles. The lowest BCUT2D eigenvalue weighted by Crippen LogP contribution is -2.33. The average Bonchev–Trinajstić information content (AvgIpc) is 3.27. The number of aromatic hydroxyl groups is 1. The molecule has 0 heterocycles. The fourth-order valence-electron chi connectivity index (χ4n) is 8.53. The molecule has 0 aliphatic rings.